The fourth-order valence-electron chi connectivity index (χ4n) is 3.80. The van der Waals surface area contributed by atoms with Crippen molar-refractivity contribution in [2.24, 2.45) is 0 Å². The van der Waals surface area contributed by atoms with Crippen LogP contribution in [-0.2, 0) is 9.59 Å². The Kier molecular flexibility index (Phi) is 6.11. The maximum atomic E-state index is 13.8. The number of imide groups is 1. The number of carbonyl (C=O) groups excluding carboxylic acids is 2. The molecule has 0 radical (unpaired) electrons. The molecule has 0 saturated carbocycles. The van der Waals surface area contributed by atoms with E-state index < -0.39 is 11.8 Å². The van der Waals surface area contributed by atoms with Crippen LogP contribution in [0.1, 0.15) is 16.7 Å². The number of aryl methyl sites for hydroxylation is 2. The minimum atomic E-state index is -0.496. The first-order chi connectivity index (χ1) is 15.8. The summed E-state index contributed by atoms with van der Waals surface area (Å²) in [6.45, 7) is 3.78. The predicted octanol–water partition coefficient (Wildman–Crippen LogP) is 5.37. The topological polar surface area (TPSA) is 67.9 Å². The summed E-state index contributed by atoms with van der Waals surface area (Å²) in [5.74, 6) is -0.0737. The standard InChI is InChI=1S/C26H23ClN2O4/c1-15-9-12-22(33-4)20(13-15)29-25(30)23(18-7-5-6-8-21(18)32-3)24(26(29)31)28-19-14-17(27)11-10-16(19)2/h5-14,28H,1-4H3. The summed E-state index contributed by atoms with van der Waals surface area (Å²) < 4.78 is 11.0. The van der Waals surface area contributed by atoms with Crippen molar-refractivity contribution in [3.63, 3.8) is 0 Å². The first-order valence-corrected chi connectivity index (χ1v) is 10.7. The van der Waals surface area contributed by atoms with Gasteiger partial charge in [-0.2, -0.15) is 0 Å². The number of ether oxygens (including phenoxy) is 2. The van der Waals surface area contributed by atoms with Gasteiger partial charge in [0.05, 0.1) is 25.5 Å². The zero-order chi connectivity index (χ0) is 23.7. The number of carbonyl (C=O) groups is 2. The van der Waals surface area contributed by atoms with Crippen molar-refractivity contribution in [2.75, 3.05) is 24.4 Å². The van der Waals surface area contributed by atoms with E-state index in [0.29, 0.717) is 33.5 Å². The van der Waals surface area contributed by atoms with Gasteiger partial charge in [0.15, 0.2) is 0 Å². The largest absolute Gasteiger partial charge is 0.496 e. The van der Waals surface area contributed by atoms with Gasteiger partial charge in [0.2, 0.25) is 0 Å². The van der Waals surface area contributed by atoms with Crippen LogP contribution in [0.3, 0.4) is 0 Å². The van der Waals surface area contributed by atoms with Gasteiger partial charge in [0, 0.05) is 16.3 Å². The molecule has 33 heavy (non-hydrogen) atoms. The zero-order valence-electron chi connectivity index (χ0n) is 18.7. The Morgan fingerprint density at radius 2 is 1.58 bits per heavy atom. The Labute approximate surface area is 197 Å². The minimum absolute atomic E-state index is 0.137. The summed E-state index contributed by atoms with van der Waals surface area (Å²) in [5.41, 5.74) is 3.62. The van der Waals surface area contributed by atoms with Gasteiger partial charge >= 0.3 is 0 Å². The Morgan fingerprint density at radius 3 is 2.30 bits per heavy atom. The molecule has 0 aromatic heterocycles. The molecule has 0 saturated heterocycles. The van der Waals surface area contributed by atoms with E-state index in [1.165, 1.54) is 14.2 Å². The van der Waals surface area contributed by atoms with Gasteiger partial charge in [-0.1, -0.05) is 41.9 Å². The quantitative estimate of drug-likeness (QED) is 0.499. The smallest absolute Gasteiger partial charge is 0.282 e. The number of anilines is 2. The Bertz CT molecular complexity index is 1300. The van der Waals surface area contributed by atoms with Gasteiger partial charge in [0.25, 0.3) is 11.8 Å². The molecule has 4 rings (SSSR count). The molecular formula is C26H23ClN2O4. The second-order valence-corrected chi connectivity index (χ2v) is 8.09. The van der Waals surface area contributed by atoms with E-state index in [-0.39, 0.29) is 11.3 Å². The normalized spacial score (nSPS) is 13.5. The van der Waals surface area contributed by atoms with Crippen LogP contribution in [0, 0.1) is 13.8 Å². The molecule has 0 fully saturated rings. The van der Waals surface area contributed by atoms with E-state index in [4.69, 9.17) is 21.1 Å². The molecule has 168 valence electrons. The number of nitrogens with one attached hydrogen (secondary N) is 1. The van der Waals surface area contributed by atoms with Gasteiger partial charge < -0.3 is 14.8 Å². The van der Waals surface area contributed by atoms with Crippen molar-refractivity contribution in [1.29, 1.82) is 0 Å². The number of nitrogens with zero attached hydrogens (tertiary/aromatic N) is 1. The van der Waals surface area contributed by atoms with Gasteiger partial charge in [-0.25, -0.2) is 4.90 Å². The second-order valence-electron chi connectivity index (χ2n) is 7.66. The Hall–Kier alpha value is -3.77. The second kappa shape index (κ2) is 9.00. The molecule has 0 bridgehead atoms. The highest BCUT2D eigenvalue weighted by molar-refractivity contribution is 6.46. The van der Waals surface area contributed by atoms with Crippen LogP contribution in [0.5, 0.6) is 11.5 Å². The third kappa shape index (κ3) is 4.05. The molecule has 6 nitrogen and oxygen atoms in total. The number of benzene rings is 3. The zero-order valence-corrected chi connectivity index (χ0v) is 19.5. The number of para-hydroxylation sites is 1. The number of rotatable bonds is 6. The van der Waals surface area contributed by atoms with Gasteiger partial charge in [-0.15, -0.1) is 0 Å². The van der Waals surface area contributed by atoms with Crippen LogP contribution < -0.4 is 19.7 Å². The lowest BCUT2D eigenvalue weighted by Crippen LogP contribution is -2.32. The number of hydrogen-bond acceptors (Lipinski definition) is 5. The summed E-state index contributed by atoms with van der Waals surface area (Å²) in [4.78, 5) is 28.7. The Morgan fingerprint density at radius 1 is 0.848 bits per heavy atom. The van der Waals surface area contributed by atoms with Crippen LogP contribution in [-0.4, -0.2) is 26.0 Å². The van der Waals surface area contributed by atoms with E-state index in [9.17, 15) is 9.59 Å². The van der Waals surface area contributed by atoms with Gasteiger partial charge in [0.1, 0.15) is 17.2 Å². The van der Waals surface area contributed by atoms with Crippen LogP contribution in [0.15, 0.2) is 66.4 Å². The van der Waals surface area contributed by atoms with E-state index in [1.807, 2.05) is 26.0 Å². The molecule has 2 amide bonds. The van der Waals surface area contributed by atoms with Crippen molar-refractivity contribution < 1.29 is 19.1 Å². The lowest BCUT2D eigenvalue weighted by atomic mass is 10.0. The van der Waals surface area contributed by atoms with Gasteiger partial charge in [-0.05, 0) is 55.3 Å². The predicted molar refractivity (Wildman–Crippen MR) is 130 cm³/mol. The number of halogens is 1. The lowest BCUT2D eigenvalue weighted by molar-refractivity contribution is -0.120. The highest BCUT2D eigenvalue weighted by Gasteiger charge is 2.42. The maximum absolute atomic E-state index is 13.8. The molecule has 7 heteroatoms. The third-order valence-electron chi connectivity index (χ3n) is 5.49. The molecule has 0 spiro atoms. The average molecular weight is 463 g/mol. The van der Waals surface area contributed by atoms with Crippen LogP contribution in [0.4, 0.5) is 11.4 Å². The molecule has 1 N–H and O–H groups in total. The van der Waals surface area contributed by atoms with E-state index >= 15 is 0 Å². The summed E-state index contributed by atoms with van der Waals surface area (Å²) in [7, 11) is 3.03. The van der Waals surface area contributed by atoms with Crippen LogP contribution in [0.2, 0.25) is 5.02 Å². The molecule has 3 aromatic carbocycles. The van der Waals surface area contributed by atoms with Crippen molar-refractivity contribution in [2.45, 2.75) is 13.8 Å². The molecule has 0 unspecified atom stereocenters. The monoisotopic (exact) mass is 462 g/mol. The maximum Gasteiger partial charge on any atom is 0.282 e. The van der Waals surface area contributed by atoms with Crippen LogP contribution >= 0.6 is 11.6 Å². The summed E-state index contributed by atoms with van der Waals surface area (Å²) in [6, 6.07) is 17.8. The van der Waals surface area contributed by atoms with Crippen LogP contribution in [0.25, 0.3) is 5.57 Å². The summed E-state index contributed by atoms with van der Waals surface area (Å²) in [6.07, 6.45) is 0. The molecule has 0 atom stereocenters. The third-order valence-corrected chi connectivity index (χ3v) is 5.73. The first kappa shape index (κ1) is 22.4. The number of amides is 2. The summed E-state index contributed by atoms with van der Waals surface area (Å²) >= 11 is 6.20. The van der Waals surface area contributed by atoms with E-state index in [1.54, 1.807) is 48.5 Å². The van der Waals surface area contributed by atoms with Crippen molar-refractivity contribution in [3.05, 3.63) is 88.1 Å². The van der Waals surface area contributed by atoms with E-state index in [2.05, 4.69) is 5.32 Å². The first-order valence-electron chi connectivity index (χ1n) is 10.3. The Balaban J connectivity index is 1.92. The fourth-order valence-corrected chi connectivity index (χ4v) is 3.98. The molecule has 3 aromatic rings. The average Bonchev–Trinajstić information content (AvgIpc) is 3.05. The summed E-state index contributed by atoms with van der Waals surface area (Å²) in [5, 5.41) is 3.68. The SMILES string of the molecule is COc1ccccc1C1=C(Nc2cc(Cl)ccc2C)C(=O)N(c2cc(C)ccc2OC)C1=O. The fraction of sp³-hybridized carbons (Fsp3) is 0.154. The van der Waals surface area contributed by atoms with Crippen molar-refractivity contribution >= 4 is 40.4 Å². The highest BCUT2D eigenvalue weighted by Crippen LogP contribution is 2.40. The van der Waals surface area contributed by atoms with Crippen molar-refractivity contribution in [1.82, 2.24) is 0 Å². The minimum Gasteiger partial charge on any atom is -0.496 e. The molecule has 1 aliphatic rings. The van der Waals surface area contributed by atoms with Gasteiger partial charge in [-0.3, -0.25) is 9.59 Å². The van der Waals surface area contributed by atoms with Crippen molar-refractivity contribution in [3.8, 4) is 11.5 Å². The molecule has 1 heterocycles. The molecule has 1 aliphatic heterocycles. The lowest BCUT2D eigenvalue weighted by Gasteiger charge is -2.19. The molecule has 0 aliphatic carbocycles. The van der Waals surface area contributed by atoms with E-state index in [0.717, 1.165) is 16.0 Å². The molecular weight excluding hydrogens is 440 g/mol. The highest BCUT2D eigenvalue weighted by atomic mass is 35.5. The number of methoxy groups -OCH3 is 2. The number of hydrogen-bond donors (Lipinski definition) is 1.